The van der Waals surface area contributed by atoms with E-state index in [-0.39, 0.29) is 17.2 Å². The van der Waals surface area contributed by atoms with E-state index < -0.39 is 0 Å². The molecule has 5 nitrogen and oxygen atoms in total. The molecular formula is C16H14N4O. The van der Waals surface area contributed by atoms with Gasteiger partial charge in [-0.25, -0.2) is 4.98 Å². The predicted octanol–water partition coefficient (Wildman–Crippen LogP) is 2.53. The number of fused-ring (bicyclic) bond motifs is 1. The van der Waals surface area contributed by atoms with Gasteiger partial charge >= 0.3 is 0 Å². The van der Waals surface area contributed by atoms with Crippen LogP contribution in [0.5, 0.6) is 0 Å². The van der Waals surface area contributed by atoms with Crippen LogP contribution in [0.15, 0.2) is 47.4 Å². The number of allylic oxidation sites excluding steroid dienone is 1. The average Bonchev–Trinajstić information content (AvgIpc) is 2.51. The maximum Gasteiger partial charge on any atom is 0.272 e. The molecule has 1 aliphatic rings. The zero-order valence-electron chi connectivity index (χ0n) is 11.6. The van der Waals surface area contributed by atoms with Crippen LogP contribution in [0.25, 0.3) is 5.70 Å². The molecule has 1 unspecified atom stereocenters. The topological polar surface area (TPSA) is 70.7 Å². The lowest BCUT2D eigenvalue weighted by Crippen LogP contribution is -2.32. The highest BCUT2D eigenvalue weighted by Gasteiger charge is 2.22. The van der Waals surface area contributed by atoms with Gasteiger partial charge in [0.25, 0.3) is 5.56 Å². The van der Waals surface area contributed by atoms with Gasteiger partial charge in [0.05, 0.1) is 11.9 Å². The highest BCUT2D eigenvalue weighted by molar-refractivity contribution is 5.74. The summed E-state index contributed by atoms with van der Waals surface area (Å²) in [5.41, 5.74) is 1.52. The molecule has 1 aromatic carbocycles. The summed E-state index contributed by atoms with van der Waals surface area (Å²) in [6.07, 6.45) is 4.09. The molecule has 2 aromatic rings. The molecule has 0 amide bonds. The van der Waals surface area contributed by atoms with Crippen molar-refractivity contribution in [1.82, 2.24) is 9.55 Å². The molecular weight excluding hydrogens is 264 g/mol. The Balaban J connectivity index is 2.06. The molecule has 21 heavy (non-hydrogen) atoms. The van der Waals surface area contributed by atoms with Gasteiger partial charge < -0.3 is 5.32 Å². The number of benzene rings is 1. The molecule has 0 spiro atoms. The highest BCUT2D eigenvalue weighted by atomic mass is 16.1. The van der Waals surface area contributed by atoms with Crippen molar-refractivity contribution in [3.05, 3.63) is 64.3 Å². The monoisotopic (exact) mass is 278 g/mol. The third kappa shape index (κ3) is 2.32. The van der Waals surface area contributed by atoms with Crippen LogP contribution in [0.4, 0.5) is 5.69 Å². The van der Waals surface area contributed by atoms with Gasteiger partial charge in [0, 0.05) is 11.7 Å². The SMILES string of the molecule is CC1CC=C(Nc2ccccc2)c2ncc(C#N)c(=O)n21. The van der Waals surface area contributed by atoms with E-state index in [9.17, 15) is 4.79 Å². The van der Waals surface area contributed by atoms with Crippen molar-refractivity contribution in [2.75, 3.05) is 5.32 Å². The normalized spacial score (nSPS) is 16.6. The first-order valence-corrected chi connectivity index (χ1v) is 6.75. The minimum absolute atomic E-state index is 0.00498. The van der Waals surface area contributed by atoms with Crippen LogP contribution in [0.1, 0.15) is 30.8 Å². The van der Waals surface area contributed by atoms with Crippen LogP contribution in [-0.4, -0.2) is 9.55 Å². The lowest BCUT2D eigenvalue weighted by atomic mass is 10.1. The summed E-state index contributed by atoms with van der Waals surface area (Å²) in [5.74, 6) is 0.571. The summed E-state index contributed by atoms with van der Waals surface area (Å²) >= 11 is 0. The van der Waals surface area contributed by atoms with E-state index >= 15 is 0 Å². The van der Waals surface area contributed by atoms with Crippen LogP contribution in [0.3, 0.4) is 0 Å². The predicted molar refractivity (Wildman–Crippen MR) is 80.6 cm³/mol. The third-order valence-corrected chi connectivity index (χ3v) is 3.51. The van der Waals surface area contributed by atoms with Crippen LogP contribution >= 0.6 is 0 Å². The molecule has 1 aromatic heterocycles. The first-order valence-electron chi connectivity index (χ1n) is 6.75. The third-order valence-electron chi connectivity index (χ3n) is 3.51. The number of rotatable bonds is 2. The average molecular weight is 278 g/mol. The number of anilines is 1. The van der Waals surface area contributed by atoms with Gasteiger partial charge in [-0.15, -0.1) is 0 Å². The van der Waals surface area contributed by atoms with Gasteiger partial charge in [-0.05, 0) is 25.5 Å². The summed E-state index contributed by atoms with van der Waals surface area (Å²) in [6.45, 7) is 1.95. The zero-order chi connectivity index (χ0) is 14.8. The Morgan fingerprint density at radius 2 is 2.14 bits per heavy atom. The second-order valence-electron chi connectivity index (χ2n) is 4.98. The molecule has 1 N–H and O–H groups in total. The van der Waals surface area contributed by atoms with Crippen LogP contribution < -0.4 is 10.9 Å². The Bertz CT molecular complexity index is 799. The van der Waals surface area contributed by atoms with Crippen molar-refractivity contribution >= 4 is 11.4 Å². The van der Waals surface area contributed by atoms with Gasteiger partial charge in [0.1, 0.15) is 11.6 Å². The summed E-state index contributed by atoms with van der Waals surface area (Å²) in [7, 11) is 0. The highest BCUT2D eigenvalue weighted by Crippen LogP contribution is 2.26. The Kier molecular flexibility index (Phi) is 3.28. The van der Waals surface area contributed by atoms with Crippen molar-refractivity contribution in [3.8, 4) is 6.07 Å². The van der Waals surface area contributed by atoms with Crippen molar-refractivity contribution in [3.63, 3.8) is 0 Å². The Labute approximate surface area is 122 Å². The van der Waals surface area contributed by atoms with E-state index in [1.807, 2.05) is 49.4 Å². The van der Waals surface area contributed by atoms with E-state index in [0.717, 1.165) is 17.8 Å². The number of hydrogen-bond acceptors (Lipinski definition) is 4. The quantitative estimate of drug-likeness (QED) is 0.916. The zero-order valence-corrected chi connectivity index (χ0v) is 11.6. The van der Waals surface area contributed by atoms with Gasteiger partial charge in [0.2, 0.25) is 0 Å². The molecule has 3 rings (SSSR count). The molecule has 1 aliphatic heterocycles. The molecule has 0 bridgehead atoms. The summed E-state index contributed by atoms with van der Waals surface area (Å²) in [4.78, 5) is 16.6. The number of hydrogen-bond donors (Lipinski definition) is 1. The second kappa shape index (κ2) is 5.25. The Morgan fingerprint density at radius 1 is 1.38 bits per heavy atom. The molecule has 2 heterocycles. The standard InChI is InChI=1S/C16H14N4O/c1-11-7-8-14(19-13-5-3-2-4-6-13)15-18-10-12(9-17)16(21)20(11)15/h2-6,8,10-11,19H,7H2,1H3. The first kappa shape index (κ1) is 13.1. The van der Waals surface area contributed by atoms with E-state index in [1.54, 1.807) is 4.57 Å². The molecule has 0 radical (unpaired) electrons. The van der Waals surface area contributed by atoms with Crippen LogP contribution in [-0.2, 0) is 0 Å². The summed E-state index contributed by atoms with van der Waals surface area (Å²) < 4.78 is 1.59. The molecule has 0 saturated carbocycles. The van der Waals surface area contributed by atoms with E-state index in [4.69, 9.17) is 5.26 Å². The Morgan fingerprint density at radius 3 is 2.86 bits per heavy atom. The second-order valence-corrected chi connectivity index (χ2v) is 4.98. The molecule has 0 aliphatic carbocycles. The minimum atomic E-state index is -0.282. The van der Waals surface area contributed by atoms with Crippen molar-refractivity contribution in [2.24, 2.45) is 0 Å². The van der Waals surface area contributed by atoms with Crippen molar-refractivity contribution in [2.45, 2.75) is 19.4 Å². The fourth-order valence-corrected chi connectivity index (χ4v) is 2.42. The molecule has 0 fully saturated rings. The maximum atomic E-state index is 12.3. The fourth-order valence-electron chi connectivity index (χ4n) is 2.42. The van der Waals surface area contributed by atoms with E-state index in [1.165, 1.54) is 6.20 Å². The number of nitriles is 1. The Hall–Kier alpha value is -2.87. The van der Waals surface area contributed by atoms with Crippen LogP contribution in [0.2, 0.25) is 0 Å². The van der Waals surface area contributed by atoms with Crippen LogP contribution in [0, 0.1) is 11.3 Å². The molecule has 1 atom stereocenters. The molecule has 5 heteroatoms. The summed E-state index contributed by atoms with van der Waals surface area (Å²) in [6, 6.07) is 11.6. The fraction of sp³-hybridized carbons (Fsp3) is 0.188. The van der Waals surface area contributed by atoms with Crippen molar-refractivity contribution < 1.29 is 0 Å². The number of para-hydroxylation sites is 1. The molecule has 0 saturated heterocycles. The largest absolute Gasteiger partial charge is 0.353 e. The minimum Gasteiger partial charge on any atom is -0.353 e. The van der Waals surface area contributed by atoms with Gasteiger partial charge in [-0.3, -0.25) is 9.36 Å². The summed E-state index contributed by atoms with van der Waals surface area (Å²) in [5, 5.41) is 12.3. The van der Waals surface area contributed by atoms with Crippen molar-refractivity contribution in [1.29, 1.82) is 5.26 Å². The number of nitrogens with zero attached hydrogens (tertiary/aromatic N) is 3. The lowest BCUT2D eigenvalue weighted by molar-refractivity contribution is 0.509. The smallest absolute Gasteiger partial charge is 0.272 e. The van der Waals surface area contributed by atoms with E-state index in [0.29, 0.717) is 5.82 Å². The van der Waals surface area contributed by atoms with Gasteiger partial charge in [-0.1, -0.05) is 24.3 Å². The maximum absolute atomic E-state index is 12.3. The lowest BCUT2D eigenvalue weighted by Gasteiger charge is -2.25. The van der Waals surface area contributed by atoms with E-state index in [2.05, 4.69) is 10.3 Å². The molecule has 104 valence electrons. The number of nitrogens with one attached hydrogen (secondary N) is 1. The van der Waals surface area contributed by atoms with Gasteiger partial charge in [-0.2, -0.15) is 5.26 Å². The van der Waals surface area contributed by atoms with Gasteiger partial charge in [0.15, 0.2) is 5.82 Å². The number of aromatic nitrogens is 2. The first-order chi connectivity index (χ1) is 10.2.